The third kappa shape index (κ3) is 2.91. The maximum absolute atomic E-state index is 4.10. The van der Waals surface area contributed by atoms with Crippen LogP contribution in [0.2, 0.25) is 0 Å². The summed E-state index contributed by atoms with van der Waals surface area (Å²) in [5.74, 6) is 0. The second-order valence-corrected chi connectivity index (χ2v) is 5.55. The van der Waals surface area contributed by atoms with Crippen molar-refractivity contribution in [3.8, 4) is 0 Å². The molecule has 1 aromatic carbocycles. The number of aryl methyl sites for hydroxylation is 2. The molecule has 0 amide bonds. The summed E-state index contributed by atoms with van der Waals surface area (Å²) in [7, 11) is 0. The van der Waals surface area contributed by atoms with Crippen LogP contribution in [0.25, 0.3) is 0 Å². The zero-order valence-corrected chi connectivity index (χ0v) is 12.1. The first-order valence-electron chi connectivity index (χ1n) is 7.61. The molecule has 3 rings (SSSR count). The van der Waals surface area contributed by atoms with E-state index in [1.165, 1.54) is 30.4 Å². The SMILES string of the molecule is CCNC(Cc1ccncc1)c1ccc2c(c1)CCC2. The van der Waals surface area contributed by atoms with Crippen LogP contribution in [0, 0.1) is 0 Å². The van der Waals surface area contributed by atoms with Gasteiger partial charge >= 0.3 is 0 Å². The fraction of sp³-hybridized carbons (Fsp3) is 0.389. The van der Waals surface area contributed by atoms with Gasteiger partial charge in [0.05, 0.1) is 0 Å². The number of aromatic nitrogens is 1. The van der Waals surface area contributed by atoms with E-state index in [1.807, 2.05) is 12.4 Å². The Morgan fingerprint density at radius 2 is 1.90 bits per heavy atom. The first-order chi connectivity index (χ1) is 9.86. The number of rotatable bonds is 5. The van der Waals surface area contributed by atoms with Crippen molar-refractivity contribution in [2.24, 2.45) is 0 Å². The lowest BCUT2D eigenvalue weighted by molar-refractivity contribution is 0.549. The highest BCUT2D eigenvalue weighted by atomic mass is 14.9. The minimum atomic E-state index is 0.397. The van der Waals surface area contributed by atoms with Crippen LogP contribution in [0.3, 0.4) is 0 Å². The van der Waals surface area contributed by atoms with Gasteiger partial charge in [-0.25, -0.2) is 0 Å². The molecule has 0 saturated carbocycles. The molecule has 0 bridgehead atoms. The van der Waals surface area contributed by atoms with Crippen molar-refractivity contribution in [3.05, 3.63) is 65.0 Å². The van der Waals surface area contributed by atoms with E-state index in [0.29, 0.717) is 6.04 Å². The van der Waals surface area contributed by atoms with Crippen molar-refractivity contribution in [2.45, 2.75) is 38.6 Å². The zero-order chi connectivity index (χ0) is 13.8. The van der Waals surface area contributed by atoms with Gasteiger partial charge in [0.15, 0.2) is 0 Å². The molecule has 0 fully saturated rings. The van der Waals surface area contributed by atoms with Gasteiger partial charge in [-0.3, -0.25) is 4.98 Å². The molecule has 1 heterocycles. The lowest BCUT2D eigenvalue weighted by Gasteiger charge is -2.19. The van der Waals surface area contributed by atoms with Gasteiger partial charge in [0, 0.05) is 18.4 Å². The van der Waals surface area contributed by atoms with Gasteiger partial charge in [-0.2, -0.15) is 0 Å². The zero-order valence-electron chi connectivity index (χ0n) is 12.1. The molecule has 104 valence electrons. The smallest absolute Gasteiger partial charge is 0.0360 e. The number of hydrogen-bond donors (Lipinski definition) is 1. The number of nitrogens with zero attached hydrogens (tertiary/aromatic N) is 1. The summed E-state index contributed by atoms with van der Waals surface area (Å²) in [6.45, 7) is 3.17. The Morgan fingerprint density at radius 1 is 1.10 bits per heavy atom. The van der Waals surface area contributed by atoms with Gasteiger partial charge < -0.3 is 5.32 Å². The average Bonchev–Trinajstić information content (AvgIpc) is 2.95. The molecule has 1 aromatic heterocycles. The molecule has 1 unspecified atom stereocenters. The first kappa shape index (κ1) is 13.3. The van der Waals surface area contributed by atoms with E-state index in [4.69, 9.17) is 0 Å². The average molecular weight is 266 g/mol. The predicted molar refractivity (Wildman–Crippen MR) is 82.8 cm³/mol. The van der Waals surface area contributed by atoms with Crippen LogP contribution in [-0.2, 0) is 19.3 Å². The summed E-state index contributed by atoms with van der Waals surface area (Å²) in [5, 5.41) is 3.62. The first-order valence-corrected chi connectivity index (χ1v) is 7.61. The van der Waals surface area contributed by atoms with Gasteiger partial charge in [0.2, 0.25) is 0 Å². The highest BCUT2D eigenvalue weighted by Gasteiger charge is 2.16. The largest absolute Gasteiger partial charge is 0.310 e. The van der Waals surface area contributed by atoms with Crippen LogP contribution in [0.4, 0.5) is 0 Å². The topological polar surface area (TPSA) is 24.9 Å². The Morgan fingerprint density at radius 3 is 2.70 bits per heavy atom. The van der Waals surface area contributed by atoms with Crippen molar-refractivity contribution >= 4 is 0 Å². The van der Waals surface area contributed by atoms with E-state index in [-0.39, 0.29) is 0 Å². The molecule has 20 heavy (non-hydrogen) atoms. The molecule has 1 aliphatic carbocycles. The number of fused-ring (bicyclic) bond motifs is 1. The van der Waals surface area contributed by atoms with E-state index in [9.17, 15) is 0 Å². The van der Waals surface area contributed by atoms with Crippen LogP contribution in [0.5, 0.6) is 0 Å². The van der Waals surface area contributed by atoms with Gasteiger partial charge in [0.1, 0.15) is 0 Å². The Kier molecular flexibility index (Phi) is 4.12. The van der Waals surface area contributed by atoms with Crippen LogP contribution < -0.4 is 5.32 Å². The molecule has 2 heteroatoms. The number of nitrogens with one attached hydrogen (secondary N) is 1. The van der Waals surface area contributed by atoms with Crippen LogP contribution in [0.1, 0.15) is 41.6 Å². The lowest BCUT2D eigenvalue weighted by Crippen LogP contribution is -2.23. The summed E-state index contributed by atoms with van der Waals surface area (Å²) < 4.78 is 0. The molecule has 2 aromatic rings. The summed E-state index contributed by atoms with van der Waals surface area (Å²) in [5.41, 5.74) is 5.86. The van der Waals surface area contributed by atoms with Gasteiger partial charge in [-0.05, 0) is 66.6 Å². The molecule has 0 aliphatic heterocycles. The van der Waals surface area contributed by atoms with Crippen molar-refractivity contribution < 1.29 is 0 Å². The third-order valence-electron chi connectivity index (χ3n) is 4.16. The van der Waals surface area contributed by atoms with Gasteiger partial charge in [-0.15, -0.1) is 0 Å². The molecule has 0 radical (unpaired) electrons. The monoisotopic (exact) mass is 266 g/mol. The summed E-state index contributed by atoms with van der Waals surface area (Å²) in [4.78, 5) is 4.10. The Bertz CT molecular complexity index is 563. The predicted octanol–water partition coefficient (Wildman–Crippen LogP) is 3.46. The Hall–Kier alpha value is -1.67. The van der Waals surface area contributed by atoms with Crippen molar-refractivity contribution in [1.82, 2.24) is 10.3 Å². The maximum atomic E-state index is 4.10. The molecule has 2 nitrogen and oxygen atoms in total. The number of hydrogen-bond acceptors (Lipinski definition) is 2. The molecular formula is C18H22N2. The minimum Gasteiger partial charge on any atom is -0.310 e. The quantitative estimate of drug-likeness (QED) is 0.896. The maximum Gasteiger partial charge on any atom is 0.0360 e. The molecule has 0 saturated heterocycles. The van der Waals surface area contributed by atoms with Crippen LogP contribution in [0.15, 0.2) is 42.7 Å². The Labute approximate surface area is 121 Å². The van der Waals surface area contributed by atoms with E-state index in [0.717, 1.165) is 13.0 Å². The summed E-state index contributed by atoms with van der Waals surface area (Å²) in [6.07, 6.45) is 8.59. The fourth-order valence-corrected chi connectivity index (χ4v) is 3.12. The summed E-state index contributed by atoms with van der Waals surface area (Å²) in [6, 6.07) is 11.7. The molecule has 1 N–H and O–H groups in total. The second kappa shape index (κ2) is 6.19. The lowest BCUT2D eigenvalue weighted by atomic mass is 9.96. The van der Waals surface area contributed by atoms with Crippen molar-refractivity contribution in [2.75, 3.05) is 6.54 Å². The number of likely N-dealkylation sites (N-methyl/N-ethyl adjacent to an activating group) is 1. The third-order valence-corrected chi connectivity index (χ3v) is 4.16. The van der Waals surface area contributed by atoms with E-state index in [2.05, 4.69) is 47.6 Å². The fourth-order valence-electron chi connectivity index (χ4n) is 3.12. The molecule has 1 atom stereocenters. The van der Waals surface area contributed by atoms with Gasteiger partial charge in [0.25, 0.3) is 0 Å². The minimum absolute atomic E-state index is 0.397. The number of benzene rings is 1. The standard InChI is InChI=1S/C18H22N2/c1-2-20-18(12-14-8-10-19-11-9-14)17-7-6-15-4-3-5-16(15)13-17/h6-11,13,18,20H,2-5,12H2,1H3. The molecular weight excluding hydrogens is 244 g/mol. The normalized spacial score (nSPS) is 15.1. The van der Waals surface area contributed by atoms with Crippen LogP contribution >= 0.6 is 0 Å². The summed E-state index contributed by atoms with van der Waals surface area (Å²) >= 11 is 0. The van der Waals surface area contributed by atoms with Crippen LogP contribution in [-0.4, -0.2) is 11.5 Å². The van der Waals surface area contributed by atoms with E-state index in [1.54, 1.807) is 11.1 Å². The van der Waals surface area contributed by atoms with Gasteiger partial charge in [-0.1, -0.05) is 25.1 Å². The highest BCUT2D eigenvalue weighted by molar-refractivity contribution is 5.37. The van der Waals surface area contributed by atoms with E-state index >= 15 is 0 Å². The molecule has 0 spiro atoms. The number of pyridine rings is 1. The second-order valence-electron chi connectivity index (χ2n) is 5.55. The van der Waals surface area contributed by atoms with E-state index < -0.39 is 0 Å². The van der Waals surface area contributed by atoms with Crippen molar-refractivity contribution in [1.29, 1.82) is 0 Å². The Balaban J connectivity index is 1.83. The molecule has 1 aliphatic rings. The highest BCUT2D eigenvalue weighted by Crippen LogP contribution is 2.26. The van der Waals surface area contributed by atoms with Crippen molar-refractivity contribution in [3.63, 3.8) is 0 Å².